The second-order valence-electron chi connectivity index (χ2n) is 6.00. The van der Waals surface area contributed by atoms with E-state index in [9.17, 15) is 4.79 Å². The second-order valence-corrected chi connectivity index (χ2v) is 6.41. The first-order chi connectivity index (χ1) is 13.1. The van der Waals surface area contributed by atoms with Gasteiger partial charge in [0.25, 0.3) is 0 Å². The third-order valence-electron chi connectivity index (χ3n) is 3.98. The number of rotatable bonds is 4. The van der Waals surface area contributed by atoms with Gasteiger partial charge in [0.1, 0.15) is 5.82 Å². The Morgan fingerprint density at radius 1 is 1.19 bits per heavy atom. The van der Waals surface area contributed by atoms with Crippen LogP contribution in [0, 0.1) is 6.92 Å². The van der Waals surface area contributed by atoms with Gasteiger partial charge in [0.15, 0.2) is 0 Å². The van der Waals surface area contributed by atoms with E-state index in [2.05, 4.69) is 20.4 Å². The van der Waals surface area contributed by atoms with Crippen molar-refractivity contribution in [3.63, 3.8) is 0 Å². The highest BCUT2D eigenvalue weighted by Gasteiger charge is 2.13. The zero-order valence-electron chi connectivity index (χ0n) is 14.5. The Morgan fingerprint density at radius 3 is 2.78 bits per heavy atom. The second kappa shape index (κ2) is 7.09. The van der Waals surface area contributed by atoms with Gasteiger partial charge in [-0.1, -0.05) is 41.9 Å². The van der Waals surface area contributed by atoms with Gasteiger partial charge in [-0.25, -0.2) is 4.98 Å². The Kier molecular flexibility index (Phi) is 4.48. The molecule has 4 aromatic rings. The van der Waals surface area contributed by atoms with E-state index in [4.69, 9.17) is 11.6 Å². The number of amides is 1. The summed E-state index contributed by atoms with van der Waals surface area (Å²) in [5.74, 6) is 0.780. The molecule has 2 heterocycles. The molecule has 2 N–H and O–H groups in total. The molecule has 0 aliphatic carbocycles. The monoisotopic (exact) mass is 377 g/mol. The van der Waals surface area contributed by atoms with Crippen LogP contribution in [0.2, 0.25) is 5.02 Å². The highest BCUT2D eigenvalue weighted by molar-refractivity contribution is 6.32. The summed E-state index contributed by atoms with van der Waals surface area (Å²) in [6, 6.07) is 16.8. The number of hydrogen-bond acceptors (Lipinski definition) is 3. The largest absolute Gasteiger partial charge is 0.322 e. The van der Waals surface area contributed by atoms with E-state index in [0.717, 1.165) is 22.3 Å². The SMILES string of the molecule is Cc1cc(NC(=O)/C=C/c2ccccc2Cl)n(-c2nc3ccccc3[nH]2)n1. The summed E-state index contributed by atoms with van der Waals surface area (Å²) in [5, 5.41) is 7.85. The number of aromatic amines is 1. The minimum Gasteiger partial charge on any atom is -0.322 e. The summed E-state index contributed by atoms with van der Waals surface area (Å²) < 4.78 is 1.58. The van der Waals surface area contributed by atoms with Crippen LogP contribution in [0.3, 0.4) is 0 Å². The average molecular weight is 378 g/mol. The molecule has 0 fully saturated rings. The summed E-state index contributed by atoms with van der Waals surface area (Å²) >= 11 is 6.11. The highest BCUT2D eigenvalue weighted by atomic mass is 35.5. The van der Waals surface area contributed by atoms with Gasteiger partial charge in [-0.2, -0.15) is 9.78 Å². The van der Waals surface area contributed by atoms with Crippen molar-refractivity contribution in [2.45, 2.75) is 6.92 Å². The molecule has 0 atom stereocenters. The lowest BCUT2D eigenvalue weighted by atomic mass is 10.2. The zero-order chi connectivity index (χ0) is 18.8. The number of aryl methyl sites for hydroxylation is 1. The Balaban J connectivity index is 1.59. The number of halogens is 1. The number of carbonyl (C=O) groups excluding carboxylic acids is 1. The fraction of sp³-hybridized carbons (Fsp3) is 0.0500. The predicted octanol–water partition coefficient (Wildman–Crippen LogP) is 4.36. The molecule has 1 amide bonds. The molecular formula is C20H16ClN5O. The molecule has 4 rings (SSSR count). The van der Waals surface area contributed by atoms with E-state index in [1.54, 1.807) is 22.9 Å². The van der Waals surface area contributed by atoms with Crippen LogP contribution in [0.15, 0.2) is 60.7 Å². The molecule has 0 unspecified atom stereocenters. The van der Waals surface area contributed by atoms with Gasteiger partial charge in [0.05, 0.1) is 16.7 Å². The highest BCUT2D eigenvalue weighted by Crippen LogP contribution is 2.19. The summed E-state index contributed by atoms with van der Waals surface area (Å²) in [5.41, 5.74) is 3.27. The standard InChI is InChI=1S/C20H16ClN5O/c1-13-12-18(24-19(27)11-10-14-6-2-3-7-15(14)21)26(25-13)20-22-16-8-4-5-9-17(16)23-20/h2-12H,1H3,(H,22,23)(H,24,27)/b11-10+. The number of para-hydroxylation sites is 2. The first kappa shape index (κ1) is 17.1. The summed E-state index contributed by atoms with van der Waals surface area (Å²) in [7, 11) is 0. The van der Waals surface area contributed by atoms with E-state index in [1.165, 1.54) is 6.08 Å². The third-order valence-corrected chi connectivity index (χ3v) is 4.32. The minimum atomic E-state index is -0.285. The average Bonchev–Trinajstić information content (AvgIpc) is 3.24. The van der Waals surface area contributed by atoms with E-state index in [0.29, 0.717) is 16.8 Å². The normalized spacial score (nSPS) is 11.3. The first-order valence-corrected chi connectivity index (χ1v) is 8.73. The number of imidazole rings is 1. The van der Waals surface area contributed by atoms with Crippen LogP contribution in [0.25, 0.3) is 23.1 Å². The number of fused-ring (bicyclic) bond motifs is 1. The van der Waals surface area contributed by atoms with Crippen LogP contribution >= 0.6 is 11.6 Å². The van der Waals surface area contributed by atoms with Gasteiger partial charge in [0, 0.05) is 17.2 Å². The smallest absolute Gasteiger partial charge is 0.249 e. The van der Waals surface area contributed by atoms with Crippen molar-refractivity contribution < 1.29 is 4.79 Å². The Labute approximate surface area is 160 Å². The molecule has 0 aliphatic heterocycles. The van der Waals surface area contributed by atoms with Crippen LogP contribution in [0.5, 0.6) is 0 Å². The van der Waals surface area contributed by atoms with Gasteiger partial charge < -0.3 is 10.3 Å². The van der Waals surface area contributed by atoms with Gasteiger partial charge in [0.2, 0.25) is 11.9 Å². The maximum atomic E-state index is 12.3. The number of carbonyl (C=O) groups is 1. The van der Waals surface area contributed by atoms with Crippen LogP contribution in [0.1, 0.15) is 11.3 Å². The fourth-order valence-electron chi connectivity index (χ4n) is 2.73. The van der Waals surface area contributed by atoms with Crippen molar-refractivity contribution >= 4 is 40.4 Å². The van der Waals surface area contributed by atoms with Crippen molar-refractivity contribution in [2.24, 2.45) is 0 Å². The molecule has 0 saturated heterocycles. The van der Waals surface area contributed by atoms with Crippen LogP contribution < -0.4 is 5.32 Å². The number of aromatic nitrogens is 4. The summed E-state index contributed by atoms with van der Waals surface area (Å²) in [6.45, 7) is 1.86. The van der Waals surface area contributed by atoms with Crippen LogP contribution in [-0.4, -0.2) is 25.7 Å². The van der Waals surface area contributed by atoms with Gasteiger partial charge in [-0.05, 0) is 36.8 Å². The van der Waals surface area contributed by atoms with Crippen molar-refractivity contribution in [1.29, 1.82) is 0 Å². The lowest BCUT2D eigenvalue weighted by Gasteiger charge is -2.04. The van der Waals surface area contributed by atoms with Crippen molar-refractivity contribution in [3.05, 3.63) is 77.0 Å². The third kappa shape index (κ3) is 3.61. The van der Waals surface area contributed by atoms with Crippen molar-refractivity contribution in [2.75, 3.05) is 5.32 Å². The van der Waals surface area contributed by atoms with Gasteiger partial charge in [-0.15, -0.1) is 0 Å². The lowest BCUT2D eigenvalue weighted by Crippen LogP contribution is -2.13. The van der Waals surface area contributed by atoms with Crippen LogP contribution in [-0.2, 0) is 4.79 Å². The molecule has 27 heavy (non-hydrogen) atoms. The van der Waals surface area contributed by atoms with E-state index >= 15 is 0 Å². The maximum Gasteiger partial charge on any atom is 0.249 e. The summed E-state index contributed by atoms with van der Waals surface area (Å²) in [6.07, 6.45) is 3.11. The topological polar surface area (TPSA) is 75.6 Å². The molecule has 2 aromatic carbocycles. The fourth-order valence-corrected chi connectivity index (χ4v) is 2.93. The molecule has 7 heteroatoms. The lowest BCUT2D eigenvalue weighted by molar-refractivity contribution is -0.111. The molecule has 2 aromatic heterocycles. The van der Waals surface area contributed by atoms with E-state index in [-0.39, 0.29) is 5.91 Å². The number of anilines is 1. The van der Waals surface area contributed by atoms with Gasteiger partial charge in [-0.3, -0.25) is 4.79 Å². The molecular weight excluding hydrogens is 362 g/mol. The van der Waals surface area contributed by atoms with Crippen LogP contribution in [0.4, 0.5) is 5.82 Å². The Bertz CT molecular complexity index is 1130. The van der Waals surface area contributed by atoms with Gasteiger partial charge >= 0.3 is 0 Å². The summed E-state index contributed by atoms with van der Waals surface area (Å²) in [4.78, 5) is 20.1. The Hall–Kier alpha value is -3.38. The molecule has 0 bridgehead atoms. The quantitative estimate of drug-likeness (QED) is 0.519. The number of benzene rings is 2. The molecule has 0 aliphatic rings. The first-order valence-electron chi connectivity index (χ1n) is 8.35. The van der Waals surface area contributed by atoms with E-state index in [1.807, 2.05) is 49.4 Å². The van der Waals surface area contributed by atoms with Crippen molar-refractivity contribution in [3.8, 4) is 5.95 Å². The Morgan fingerprint density at radius 2 is 1.96 bits per heavy atom. The number of nitrogens with zero attached hydrogens (tertiary/aromatic N) is 3. The van der Waals surface area contributed by atoms with E-state index < -0.39 is 0 Å². The molecule has 6 nitrogen and oxygen atoms in total. The predicted molar refractivity (Wildman–Crippen MR) is 107 cm³/mol. The number of hydrogen-bond donors (Lipinski definition) is 2. The minimum absolute atomic E-state index is 0.285. The molecule has 0 saturated carbocycles. The van der Waals surface area contributed by atoms with Crippen molar-refractivity contribution in [1.82, 2.24) is 19.7 Å². The molecule has 134 valence electrons. The maximum absolute atomic E-state index is 12.3. The zero-order valence-corrected chi connectivity index (χ0v) is 15.2. The number of H-pyrrole nitrogens is 1. The molecule has 0 spiro atoms. The number of nitrogens with one attached hydrogen (secondary N) is 2. The molecule has 0 radical (unpaired) electrons.